The molecule has 0 saturated heterocycles. The molecule has 0 saturated carbocycles. The Morgan fingerprint density at radius 2 is 1.90 bits per heavy atom. The van der Waals surface area contributed by atoms with Crippen LogP contribution >= 0.6 is 11.3 Å². The first kappa shape index (κ1) is 21.8. The van der Waals surface area contributed by atoms with E-state index in [-0.39, 0.29) is 17.7 Å². The summed E-state index contributed by atoms with van der Waals surface area (Å²) in [5.41, 5.74) is 3.44. The van der Waals surface area contributed by atoms with E-state index >= 15 is 0 Å². The third-order valence-corrected chi connectivity index (χ3v) is 5.57. The summed E-state index contributed by atoms with van der Waals surface area (Å²) in [5, 5.41) is 5.74. The van der Waals surface area contributed by atoms with Gasteiger partial charge in [-0.25, -0.2) is 4.98 Å². The van der Waals surface area contributed by atoms with Gasteiger partial charge in [-0.05, 0) is 42.2 Å². The molecule has 0 bridgehead atoms. The summed E-state index contributed by atoms with van der Waals surface area (Å²) in [5.74, 6) is 1.31. The molecule has 0 aliphatic rings. The number of ether oxygens (including phenoxy) is 2. The Morgan fingerprint density at radius 3 is 2.60 bits per heavy atom. The van der Waals surface area contributed by atoms with Gasteiger partial charge >= 0.3 is 0 Å². The molecule has 0 radical (unpaired) electrons. The predicted molar refractivity (Wildman–Crippen MR) is 123 cm³/mol. The molecule has 5 nitrogen and oxygen atoms in total. The number of hydrogen-bond acceptors (Lipinski definition) is 5. The zero-order valence-electron chi connectivity index (χ0n) is 18.1. The summed E-state index contributed by atoms with van der Waals surface area (Å²) >= 11 is 1.51. The van der Waals surface area contributed by atoms with E-state index in [1.165, 1.54) is 11.3 Å². The van der Waals surface area contributed by atoms with Gasteiger partial charge in [0.05, 0.1) is 37.1 Å². The van der Waals surface area contributed by atoms with Gasteiger partial charge in [-0.3, -0.25) is 4.79 Å². The van der Waals surface area contributed by atoms with Crippen molar-refractivity contribution in [2.45, 2.75) is 39.5 Å². The summed E-state index contributed by atoms with van der Waals surface area (Å²) in [4.78, 5) is 17.4. The number of rotatable bonds is 7. The van der Waals surface area contributed by atoms with E-state index in [1.807, 2.05) is 54.8 Å². The molecule has 1 N–H and O–H groups in total. The number of nitrogens with one attached hydrogen (secondary N) is 1. The fourth-order valence-electron chi connectivity index (χ4n) is 3.07. The van der Waals surface area contributed by atoms with Gasteiger partial charge in [0.15, 0.2) is 0 Å². The predicted octanol–water partition coefficient (Wildman–Crippen LogP) is 5.70. The van der Waals surface area contributed by atoms with Crippen LogP contribution in [-0.4, -0.2) is 24.6 Å². The number of carbonyl (C=O) groups excluding carboxylic acids is 1. The molecule has 0 aliphatic heterocycles. The van der Waals surface area contributed by atoms with Crippen LogP contribution in [0.5, 0.6) is 11.5 Å². The Balaban J connectivity index is 1.76. The van der Waals surface area contributed by atoms with Gasteiger partial charge < -0.3 is 14.8 Å². The summed E-state index contributed by atoms with van der Waals surface area (Å²) in [6.45, 7) is 8.95. The van der Waals surface area contributed by atoms with E-state index < -0.39 is 0 Å². The minimum Gasteiger partial charge on any atom is -0.495 e. The van der Waals surface area contributed by atoms with E-state index in [4.69, 9.17) is 9.47 Å². The topological polar surface area (TPSA) is 60.5 Å². The second-order valence-electron chi connectivity index (χ2n) is 7.96. The Morgan fingerprint density at radius 1 is 1.13 bits per heavy atom. The van der Waals surface area contributed by atoms with Crippen LogP contribution in [0.3, 0.4) is 0 Å². The number of benzene rings is 2. The van der Waals surface area contributed by atoms with E-state index in [0.717, 1.165) is 27.6 Å². The number of carbonyl (C=O) groups is 1. The fourth-order valence-corrected chi connectivity index (χ4v) is 3.92. The Hall–Kier alpha value is -2.86. The van der Waals surface area contributed by atoms with Crippen molar-refractivity contribution in [2.75, 3.05) is 19.0 Å². The first-order valence-corrected chi connectivity index (χ1v) is 10.8. The van der Waals surface area contributed by atoms with Gasteiger partial charge in [0.25, 0.3) is 0 Å². The molecule has 158 valence electrons. The summed E-state index contributed by atoms with van der Waals surface area (Å²) in [7, 11) is 1.60. The van der Waals surface area contributed by atoms with Crippen molar-refractivity contribution < 1.29 is 14.3 Å². The molecule has 30 heavy (non-hydrogen) atoms. The van der Waals surface area contributed by atoms with Gasteiger partial charge in [-0.2, -0.15) is 0 Å². The first-order valence-electron chi connectivity index (χ1n) is 9.96. The lowest BCUT2D eigenvalue weighted by Crippen LogP contribution is -2.17. The normalized spacial score (nSPS) is 11.2. The average Bonchev–Trinajstić information content (AvgIpc) is 3.16. The third kappa shape index (κ3) is 5.19. The van der Waals surface area contributed by atoms with Gasteiger partial charge in [0.1, 0.15) is 16.5 Å². The lowest BCUT2D eigenvalue weighted by Gasteiger charge is -2.21. The average molecular weight is 425 g/mol. The Kier molecular flexibility index (Phi) is 6.77. The molecule has 1 amide bonds. The number of hydrogen-bond donors (Lipinski definition) is 1. The van der Waals surface area contributed by atoms with Crippen LogP contribution in [0.15, 0.2) is 47.8 Å². The third-order valence-electron chi connectivity index (χ3n) is 4.65. The lowest BCUT2D eigenvalue weighted by molar-refractivity contribution is -0.115. The summed E-state index contributed by atoms with van der Waals surface area (Å²) < 4.78 is 11.1. The van der Waals surface area contributed by atoms with Crippen molar-refractivity contribution in [3.8, 4) is 22.1 Å². The molecule has 6 heteroatoms. The molecular weight excluding hydrogens is 396 g/mol. The second kappa shape index (κ2) is 9.30. The maximum Gasteiger partial charge on any atom is 0.230 e. The van der Waals surface area contributed by atoms with Crippen LogP contribution in [0.1, 0.15) is 39.0 Å². The van der Waals surface area contributed by atoms with E-state index in [0.29, 0.717) is 18.0 Å². The van der Waals surface area contributed by atoms with Crippen LogP contribution in [0, 0.1) is 0 Å². The number of anilines is 1. The number of para-hydroxylation sites is 1. The molecule has 0 unspecified atom stereocenters. The number of nitrogens with zero attached hydrogens (tertiary/aromatic N) is 1. The largest absolute Gasteiger partial charge is 0.495 e. The van der Waals surface area contributed by atoms with E-state index in [9.17, 15) is 4.79 Å². The molecule has 3 aromatic rings. The minimum absolute atomic E-state index is 0.0243. The Labute approximate surface area is 182 Å². The van der Waals surface area contributed by atoms with Crippen molar-refractivity contribution >= 4 is 22.9 Å². The van der Waals surface area contributed by atoms with Gasteiger partial charge in [0, 0.05) is 5.38 Å². The summed E-state index contributed by atoms with van der Waals surface area (Å²) in [6.07, 6.45) is 0.191. The van der Waals surface area contributed by atoms with Crippen molar-refractivity contribution in [3.05, 3.63) is 59.1 Å². The maximum atomic E-state index is 12.7. The number of amides is 1. The quantitative estimate of drug-likeness (QED) is 0.529. The van der Waals surface area contributed by atoms with E-state index in [2.05, 4.69) is 31.1 Å². The number of methoxy groups -OCH3 is 1. The van der Waals surface area contributed by atoms with Crippen molar-refractivity contribution in [1.29, 1.82) is 0 Å². The van der Waals surface area contributed by atoms with Crippen molar-refractivity contribution in [2.24, 2.45) is 0 Å². The smallest absolute Gasteiger partial charge is 0.230 e. The summed E-state index contributed by atoms with van der Waals surface area (Å²) in [6, 6.07) is 13.7. The molecule has 1 heterocycles. The van der Waals surface area contributed by atoms with Crippen LogP contribution in [0.4, 0.5) is 5.69 Å². The first-order chi connectivity index (χ1) is 14.3. The highest BCUT2D eigenvalue weighted by Crippen LogP contribution is 2.33. The standard InChI is InChI=1S/C24H28N2O3S/c1-6-29-20-10-8-7-9-18(20)23-25-17(15-30-23)14-22(27)26-19-13-16(24(2,3)4)11-12-21(19)28-5/h7-13,15H,6,14H2,1-5H3,(H,26,27). The molecule has 0 atom stereocenters. The monoisotopic (exact) mass is 424 g/mol. The minimum atomic E-state index is -0.130. The fraction of sp³-hybridized carbons (Fsp3) is 0.333. The van der Waals surface area contributed by atoms with E-state index in [1.54, 1.807) is 7.11 Å². The Bertz CT molecular complexity index is 1020. The van der Waals surface area contributed by atoms with Crippen molar-refractivity contribution in [3.63, 3.8) is 0 Å². The van der Waals surface area contributed by atoms with Gasteiger partial charge in [-0.1, -0.05) is 39.0 Å². The molecule has 0 fully saturated rings. The molecule has 0 aliphatic carbocycles. The lowest BCUT2D eigenvalue weighted by atomic mass is 9.87. The SMILES string of the molecule is CCOc1ccccc1-c1nc(CC(=O)Nc2cc(C(C)(C)C)ccc2OC)cs1. The number of aromatic nitrogens is 1. The van der Waals surface area contributed by atoms with Crippen LogP contribution in [0.2, 0.25) is 0 Å². The molecule has 3 rings (SSSR count). The molecule has 2 aromatic carbocycles. The van der Waals surface area contributed by atoms with Crippen LogP contribution in [0.25, 0.3) is 10.6 Å². The van der Waals surface area contributed by atoms with Crippen molar-refractivity contribution in [1.82, 2.24) is 4.98 Å². The van der Waals surface area contributed by atoms with Gasteiger partial charge in [-0.15, -0.1) is 11.3 Å². The second-order valence-corrected chi connectivity index (χ2v) is 8.82. The molecule has 0 spiro atoms. The van der Waals surface area contributed by atoms with Crippen LogP contribution in [-0.2, 0) is 16.6 Å². The zero-order chi connectivity index (χ0) is 21.7. The zero-order valence-corrected chi connectivity index (χ0v) is 18.9. The highest BCUT2D eigenvalue weighted by atomic mass is 32.1. The molecule has 1 aromatic heterocycles. The van der Waals surface area contributed by atoms with Crippen LogP contribution < -0.4 is 14.8 Å². The highest BCUT2D eigenvalue weighted by molar-refractivity contribution is 7.13. The maximum absolute atomic E-state index is 12.7. The highest BCUT2D eigenvalue weighted by Gasteiger charge is 2.18. The molecular formula is C24H28N2O3S. The van der Waals surface area contributed by atoms with Gasteiger partial charge in [0.2, 0.25) is 5.91 Å². The number of thiazole rings is 1.